The van der Waals surface area contributed by atoms with Gasteiger partial charge in [-0.2, -0.15) is 0 Å². The molecule has 0 saturated heterocycles. The molecule has 0 spiro atoms. The van der Waals surface area contributed by atoms with Crippen LogP contribution in [0.25, 0.3) is 0 Å². The lowest BCUT2D eigenvalue weighted by molar-refractivity contribution is 0.125. The van der Waals surface area contributed by atoms with Crippen LogP contribution in [0.5, 0.6) is 0 Å². The van der Waals surface area contributed by atoms with E-state index in [0.717, 1.165) is 25.2 Å². The highest BCUT2D eigenvalue weighted by molar-refractivity contribution is 5.03. The van der Waals surface area contributed by atoms with E-state index in [2.05, 4.69) is 15.2 Å². The van der Waals surface area contributed by atoms with Gasteiger partial charge in [-0.1, -0.05) is 13.0 Å². The molecular weight excluding hydrogens is 214 g/mol. The summed E-state index contributed by atoms with van der Waals surface area (Å²) >= 11 is 0. The third-order valence-corrected chi connectivity index (χ3v) is 2.63. The summed E-state index contributed by atoms with van der Waals surface area (Å²) in [6.45, 7) is 5.21. The molecule has 1 aromatic heterocycles. The summed E-state index contributed by atoms with van der Waals surface area (Å²) in [6, 6.07) is 5.96. The first-order chi connectivity index (χ1) is 8.22. The first kappa shape index (κ1) is 14.1. The molecule has 0 aliphatic rings. The number of aromatic nitrogens is 1. The second kappa shape index (κ2) is 8.17. The largest absolute Gasteiger partial charge is 0.390 e. The van der Waals surface area contributed by atoms with E-state index in [4.69, 9.17) is 0 Å². The van der Waals surface area contributed by atoms with Gasteiger partial charge in [0, 0.05) is 37.9 Å². The standard InChI is InChI=1S/C13H23N3O/c1-3-14-10-13(17)11-16(2)9-7-12-6-4-5-8-15-12/h4-6,8,13-14,17H,3,7,9-11H2,1-2H3. The number of aliphatic hydroxyl groups is 1. The van der Waals surface area contributed by atoms with E-state index in [1.54, 1.807) is 0 Å². The average molecular weight is 237 g/mol. The highest BCUT2D eigenvalue weighted by Gasteiger charge is 2.07. The molecule has 0 bridgehead atoms. The summed E-state index contributed by atoms with van der Waals surface area (Å²) in [5, 5.41) is 12.9. The molecule has 0 fully saturated rings. The van der Waals surface area contributed by atoms with Gasteiger partial charge in [0.2, 0.25) is 0 Å². The van der Waals surface area contributed by atoms with Crippen LogP contribution in [0.3, 0.4) is 0 Å². The quantitative estimate of drug-likeness (QED) is 0.692. The third-order valence-electron chi connectivity index (χ3n) is 2.63. The lowest BCUT2D eigenvalue weighted by Gasteiger charge is -2.20. The molecule has 0 radical (unpaired) electrons. The van der Waals surface area contributed by atoms with Crippen LogP contribution in [0.15, 0.2) is 24.4 Å². The zero-order valence-electron chi connectivity index (χ0n) is 10.8. The monoisotopic (exact) mass is 237 g/mol. The second-order valence-electron chi connectivity index (χ2n) is 4.29. The van der Waals surface area contributed by atoms with E-state index in [1.165, 1.54) is 0 Å². The van der Waals surface area contributed by atoms with Crippen molar-refractivity contribution in [1.82, 2.24) is 15.2 Å². The van der Waals surface area contributed by atoms with E-state index in [0.29, 0.717) is 13.1 Å². The normalized spacial score (nSPS) is 12.9. The zero-order valence-corrected chi connectivity index (χ0v) is 10.8. The van der Waals surface area contributed by atoms with Crippen LogP contribution in [-0.2, 0) is 6.42 Å². The van der Waals surface area contributed by atoms with Crippen molar-refractivity contribution in [3.8, 4) is 0 Å². The van der Waals surface area contributed by atoms with Gasteiger partial charge in [0.25, 0.3) is 0 Å². The molecule has 2 N–H and O–H groups in total. The van der Waals surface area contributed by atoms with Crippen molar-refractivity contribution < 1.29 is 5.11 Å². The zero-order chi connectivity index (χ0) is 12.5. The van der Waals surface area contributed by atoms with E-state index < -0.39 is 0 Å². The predicted molar refractivity (Wildman–Crippen MR) is 70.0 cm³/mol. The van der Waals surface area contributed by atoms with Crippen LogP contribution < -0.4 is 5.32 Å². The Morgan fingerprint density at radius 2 is 2.29 bits per heavy atom. The minimum Gasteiger partial charge on any atom is -0.390 e. The average Bonchev–Trinajstić information content (AvgIpc) is 2.35. The maximum atomic E-state index is 9.73. The van der Waals surface area contributed by atoms with Crippen molar-refractivity contribution in [2.45, 2.75) is 19.4 Å². The maximum absolute atomic E-state index is 9.73. The molecule has 1 unspecified atom stereocenters. The van der Waals surface area contributed by atoms with E-state index >= 15 is 0 Å². The lowest BCUT2D eigenvalue weighted by Crippen LogP contribution is -2.37. The Morgan fingerprint density at radius 3 is 2.94 bits per heavy atom. The summed E-state index contributed by atoms with van der Waals surface area (Å²) in [7, 11) is 2.03. The van der Waals surface area contributed by atoms with E-state index in [9.17, 15) is 5.11 Å². The topological polar surface area (TPSA) is 48.4 Å². The molecule has 0 aliphatic heterocycles. The molecule has 1 rings (SSSR count). The smallest absolute Gasteiger partial charge is 0.0791 e. The van der Waals surface area contributed by atoms with Crippen molar-refractivity contribution in [2.75, 3.05) is 33.2 Å². The summed E-state index contributed by atoms with van der Waals surface area (Å²) in [4.78, 5) is 6.41. The van der Waals surface area contributed by atoms with Crippen molar-refractivity contribution in [3.63, 3.8) is 0 Å². The summed E-state index contributed by atoms with van der Waals surface area (Å²) in [6.07, 6.45) is 2.43. The molecule has 0 aliphatic carbocycles. The fourth-order valence-electron chi connectivity index (χ4n) is 1.68. The number of rotatable bonds is 8. The number of aliphatic hydroxyl groups excluding tert-OH is 1. The van der Waals surface area contributed by atoms with Gasteiger partial charge in [-0.3, -0.25) is 4.98 Å². The van der Waals surface area contributed by atoms with Gasteiger partial charge in [0.15, 0.2) is 0 Å². The number of nitrogens with one attached hydrogen (secondary N) is 1. The van der Waals surface area contributed by atoms with E-state index in [1.807, 2.05) is 38.4 Å². The van der Waals surface area contributed by atoms with Crippen LogP contribution in [0.4, 0.5) is 0 Å². The Hall–Kier alpha value is -0.970. The van der Waals surface area contributed by atoms with Gasteiger partial charge in [0.05, 0.1) is 6.10 Å². The number of likely N-dealkylation sites (N-methyl/N-ethyl adjacent to an activating group) is 2. The van der Waals surface area contributed by atoms with Gasteiger partial charge < -0.3 is 15.3 Å². The lowest BCUT2D eigenvalue weighted by atomic mass is 10.2. The number of hydrogen-bond donors (Lipinski definition) is 2. The van der Waals surface area contributed by atoms with Gasteiger partial charge in [-0.25, -0.2) is 0 Å². The molecule has 17 heavy (non-hydrogen) atoms. The van der Waals surface area contributed by atoms with Crippen LogP contribution in [0.1, 0.15) is 12.6 Å². The van der Waals surface area contributed by atoms with Gasteiger partial charge in [0.1, 0.15) is 0 Å². The minimum absolute atomic E-state index is 0.302. The summed E-state index contributed by atoms with van der Waals surface area (Å²) in [5.74, 6) is 0. The molecule has 0 amide bonds. The Labute approximate surface area is 104 Å². The third kappa shape index (κ3) is 6.36. The van der Waals surface area contributed by atoms with Crippen molar-refractivity contribution in [3.05, 3.63) is 30.1 Å². The molecule has 0 saturated carbocycles. The molecule has 4 nitrogen and oxygen atoms in total. The Balaban J connectivity index is 2.19. The van der Waals surface area contributed by atoms with Gasteiger partial charge in [-0.15, -0.1) is 0 Å². The number of nitrogens with zero attached hydrogens (tertiary/aromatic N) is 2. The first-order valence-electron chi connectivity index (χ1n) is 6.19. The summed E-state index contributed by atoms with van der Waals surface area (Å²) < 4.78 is 0. The van der Waals surface area contributed by atoms with Gasteiger partial charge >= 0.3 is 0 Å². The number of hydrogen-bond acceptors (Lipinski definition) is 4. The Morgan fingerprint density at radius 1 is 1.47 bits per heavy atom. The van der Waals surface area contributed by atoms with Gasteiger partial charge in [-0.05, 0) is 25.7 Å². The highest BCUT2D eigenvalue weighted by Crippen LogP contribution is 1.97. The van der Waals surface area contributed by atoms with Crippen LogP contribution in [-0.4, -0.2) is 54.3 Å². The van der Waals surface area contributed by atoms with Crippen molar-refractivity contribution in [1.29, 1.82) is 0 Å². The Bertz CT molecular complexity index is 292. The maximum Gasteiger partial charge on any atom is 0.0791 e. The molecule has 1 aromatic rings. The molecule has 1 atom stereocenters. The highest BCUT2D eigenvalue weighted by atomic mass is 16.3. The van der Waals surface area contributed by atoms with Crippen LogP contribution in [0, 0.1) is 0 Å². The second-order valence-corrected chi connectivity index (χ2v) is 4.29. The van der Waals surface area contributed by atoms with Crippen LogP contribution >= 0.6 is 0 Å². The molecular formula is C13H23N3O. The van der Waals surface area contributed by atoms with Crippen molar-refractivity contribution >= 4 is 0 Å². The predicted octanol–water partition coefficient (Wildman–Crippen LogP) is 0.526. The summed E-state index contributed by atoms with van der Waals surface area (Å²) in [5.41, 5.74) is 1.10. The molecule has 4 heteroatoms. The molecule has 96 valence electrons. The fraction of sp³-hybridized carbons (Fsp3) is 0.615. The van der Waals surface area contributed by atoms with Crippen LogP contribution in [0.2, 0.25) is 0 Å². The fourth-order valence-corrected chi connectivity index (χ4v) is 1.68. The minimum atomic E-state index is -0.302. The Kier molecular flexibility index (Phi) is 6.77. The van der Waals surface area contributed by atoms with Crippen molar-refractivity contribution in [2.24, 2.45) is 0 Å². The van der Waals surface area contributed by atoms with E-state index in [-0.39, 0.29) is 6.10 Å². The number of pyridine rings is 1. The first-order valence-corrected chi connectivity index (χ1v) is 6.19. The molecule has 0 aromatic carbocycles. The SMILES string of the molecule is CCNCC(O)CN(C)CCc1ccccn1. The molecule has 1 heterocycles.